The largest absolute Gasteiger partial charge is 0.497 e. The predicted molar refractivity (Wildman–Crippen MR) is 93.0 cm³/mol. The third-order valence-electron chi connectivity index (χ3n) is 4.22. The van der Waals surface area contributed by atoms with E-state index >= 15 is 0 Å². The standard InChI is InChI=1S/C19H20N2O3/c1-12-5-3-4-6-17(12)21-19(23)16-11-15(16)18(22)20-13-7-9-14(24-2)10-8-13/h3-10,15-16H,11H2,1-2H3,(H,20,22)(H,21,23). The minimum absolute atomic E-state index is 0.0980. The van der Waals surface area contributed by atoms with Crippen LogP contribution >= 0.6 is 0 Å². The Balaban J connectivity index is 1.55. The van der Waals surface area contributed by atoms with E-state index in [1.54, 1.807) is 31.4 Å². The number of ether oxygens (including phenoxy) is 1. The molecule has 5 heteroatoms. The molecule has 124 valence electrons. The van der Waals surface area contributed by atoms with E-state index in [-0.39, 0.29) is 23.7 Å². The van der Waals surface area contributed by atoms with Gasteiger partial charge in [0.25, 0.3) is 0 Å². The Kier molecular flexibility index (Phi) is 4.51. The van der Waals surface area contributed by atoms with Crippen LogP contribution in [0.5, 0.6) is 5.75 Å². The molecule has 1 aliphatic rings. The summed E-state index contributed by atoms with van der Waals surface area (Å²) in [6.07, 6.45) is 0.583. The number of nitrogens with one attached hydrogen (secondary N) is 2. The molecule has 2 aromatic rings. The average molecular weight is 324 g/mol. The van der Waals surface area contributed by atoms with Gasteiger partial charge in [-0.15, -0.1) is 0 Å². The van der Waals surface area contributed by atoms with Gasteiger partial charge in [-0.25, -0.2) is 0 Å². The van der Waals surface area contributed by atoms with Gasteiger partial charge < -0.3 is 15.4 Å². The van der Waals surface area contributed by atoms with Crippen LogP contribution < -0.4 is 15.4 Å². The molecule has 2 aromatic carbocycles. The molecule has 0 aromatic heterocycles. The molecule has 5 nitrogen and oxygen atoms in total. The Morgan fingerprint density at radius 2 is 1.58 bits per heavy atom. The molecule has 2 unspecified atom stereocenters. The Morgan fingerprint density at radius 3 is 2.21 bits per heavy atom. The topological polar surface area (TPSA) is 67.4 Å². The molecule has 1 saturated carbocycles. The van der Waals surface area contributed by atoms with Crippen molar-refractivity contribution in [2.24, 2.45) is 11.8 Å². The lowest BCUT2D eigenvalue weighted by molar-refractivity contribution is -0.122. The summed E-state index contributed by atoms with van der Waals surface area (Å²) in [5.41, 5.74) is 2.50. The predicted octanol–water partition coefficient (Wildman–Crippen LogP) is 3.22. The first-order chi connectivity index (χ1) is 11.6. The van der Waals surface area contributed by atoms with Crippen LogP contribution in [0.3, 0.4) is 0 Å². The zero-order chi connectivity index (χ0) is 17.1. The number of anilines is 2. The van der Waals surface area contributed by atoms with Gasteiger partial charge in [0.1, 0.15) is 5.75 Å². The van der Waals surface area contributed by atoms with Crippen molar-refractivity contribution in [1.29, 1.82) is 0 Å². The van der Waals surface area contributed by atoms with Crippen molar-refractivity contribution in [2.75, 3.05) is 17.7 Å². The summed E-state index contributed by atoms with van der Waals surface area (Å²) < 4.78 is 5.08. The van der Waals surface area contributed by atoms with Gasteiger partial charge in [0, 0.05) is 11.4 Å². The molecule has 0 heterocycles. The molecule has 1 aliphatic carbocycles. The van der Waals surface area contributed by atoms with E-state index in [0.29, 0.717) is 12.1 Å². The maximum atomic E-state index is 12.3. The minimum atomic E-state index is -0.267. The lowest BCUT2D eigenvalue weighted by atomic mass is 10.2. The zero-order valence-corrected chi connectivity index (χ0v) is 13.7. The van der Waals surface area contributed by atoms with Crippen LogP contribution in [0.4, 0.5) is 11.4 Å². The third-order valence-corrected chi connectivity index (χ3v) is 4.22. The normalized spacial score (nSPS) is 18.6. The van der Waals surface area contributed by atoms with E-state index < -0.39 is 0 Å². The molecule has 1 fully saturated rings. The van der Waals surface area contributed by atoms with Crippen molar-refractivity contribution in [3.05, 3.63) is 54.1 Å². The van der Waals surface area contributed by atoms with Gasteiger partial charge in [-0.2, -0.15) is 0 Å². The van der Waals surface area contributed by atoms with Crippen molar-refractivity contribution >= 4 is 23.2 Å². The highest BCUT2D eigenvalue weighted by Gasteiger charge is 2.48. The second-order valence-electron chi connectivity index (χ2n) is 5.97. The highest BCUT2D eigenvalue weighted by Crippen LogP contribution is 2.40. The lowest BCUT2D eigenvalue weighted by Crippen LogP contribution is -2.20. The van der Waals surface area contributed by atoms with Gasteiger partial charge in [-0.1, -0.05) is 18.2 Å². The number of aryl methyl sites for hydroxylation is 1. The molecule has 0 radical (unpaired) electrons. The van der Waals surface area contributed by atoms with Crippen LogP contribution in [-0.2, 0) is 9.59 Å². The van der Waals surface area contributed by atoms with Crippen molar-refractivity contribution in [2.45, 2.75) is 13.3 Å². The van der Waals surface area contributed by atoms with Crippen LogP contribution in [0.2, 0.25) is 0 Å². The van der Waals surface area contributed by atoms with Crippen molar-refractivity contribution in [1.82, 2.24) is 0 Å². The van der Waals surface area contributed by atoms with E-state index in [2.05, 4.69) is 10.6 Å². The van der Waals surface area contributed by atoms with E-state index in [0.717, 1.165) is 17.0 Å². The number of hydrogen-bond donors (Lipinski definition) is 2. The Labute approximate surface area is 141 Å². The molecule has 2 atom stereocenters. The van der Waals surface area contributed by atoms with Gasteiger partial charge >= 0.3 is 0 Å². The molecular formula is C19H20N2O3. The van der Waals surface area contributed by atoms with Crippen molar-refractivity contribution in [3.8, 4) is 5.75 Å². The number of rotatable bonds is 5. The monoisotopic (exact) mass is 324 g/mol. The molecule has 0 saturated heterocycles. The number of hydrogen-bond acceptors (Lipinski definition) is 3. The SMILES string of the molecule is COc1ccc(NC(=O)C2CC2C(=O)Nc2ccccc2C)cc1. The molecule has 24 heavy (non-hydrogen) atoms. The Hall–Kier alpha value is -2.82. The van der Waals surface area contributed by atoms with E-state index in [9.17, 15) is 9.59 Å². The van der Waals surface area contributed by atoms with Crippen LogP contribution in [-0.4, -0.2) is 18.9 Å². The minimum Gasteiger partial charge on any atom is -0.497 e. The average Bonchev–Trinajstić information content (AvgIpc) is 3.38. The van der Waals surface area contributed by atoms with Gasteiger partial charge in [-0.3, -0.25) is 9.59 Å². The fourth-order valence-electron chi connectivity index (χ4n) is 2.62. The first-order valence-corrected chi connectivity index (χ1v) is 7.90. The smallest absolute Gasteiger partial charge is 0.228 e. The number of carbonyl (C=O) groups is 2. The summed E-state index contributed by atoms with van der Waals surface area (Å²) in [4.78, 5) is 24.5. The zero-order valence-electron chi connectivity index (χ0n) is 13.7. The van der Waals surface area contributed by atoms with Gasteiger partial charge in [0.05, 0.1) is 18.9 Å². The fourth-order valence-corrected chi connectivity index (χ4v) is 2.62. The molecule has 2 N–H and O–H groups in total. The number of amides is 2. The summed E-state index contributed by atoms with van der Waals surface area (Å²) >= 11 is 0. The van der Waals surface area contributed by atoms with Crippen molar-refractivity contribution < 1.29 is 14.3 Å². The summed E-state index contributed by atoms with van der Waals surface area (Å²) in [5.74, 6) is -0.0156. The number of methoxy groups -OCH3 is 1. The maximum absolute atomic E-state index is 12.3. The third kappa shape index (κ3) is 3.56. The second-order valence-corrected chi connectivity index (χ2v) is 5.97. The molecule has 0 aliphatic heterocycles. The molecule has 2 amide bonds. The fraction of sp³-hybridized carbons (Fsp3) is 0.263. The number of benzene rings is 2. The van der Waals surface area contributed by atoms with Gasteiger partial charge in [0.2, 0.25) is 11.8 Å². The first-order valence-electron chi connectivity index (χ1n) is 7.90. The second kappa shape index (κ2) is 6.74. The quantitative estimate of drug-likeness (QED) is 0.887. The summed E-state index contributed by atoms with van der Waals surface area (Å²) in [5, 5.41) is 5.74. The molecular weight excluding hydrogens is 304 g/mol. The number of para-hydroxylation sites is 1. The van der Waals surface area contributed by atoms with Crippen LogP contribution in [0.15, 0.2) is 48.5 Å². The van der Waals surface area contributed by atoms with E-state index in [1.807, 2.05) is 31.2 Å². The van der Waals surface area contributed by atoms with Crippen LogP contribution in [0.1, 0.15) is 12.0 Å². The molecule has 0 spiro atoms. The highest BCUT2D eigenvalue weighted by atomic mass is 16.5. The van der Waals surface area contributed by atoms with Gasteiger partial charge in [-0.05, 0) is 49.2 Å². The summed E-state index contributed by atoms with van der Waals surface area (Å²) in [6, 6.07) is 14.7. The van der Waals surface area contributed by atoms with Crippen LogP contribution in [0.25, 0.3) is 0 Å². The summed E-state index contributed by atoms with van der Waals surface area (Å²) in [6.45, 7) is 1.94. The van der Waals surface area contributed by atoms with E-state index in [4.69, 9.17) is 4.74 Å². The number of carbonyl (C=O) groups excluding carboxylic acids is 2. The Bertz CT molecular complexity index is 755. The molecule has 3 rings (SSSR count). The lowest BCUT2D eigenvalue weighted by Gasteiger charge is -2.08. The maximum Gasteiger partial charge on any atom is 0.228 e. The summed E-state index contributed by atoms with van der Waals surface area (Å²) in [7, 11) is 1.59. The van der Waals surface area contributed by atoms with Crippen LogP contribution in [0, 0.1) is 18.8 Å². The van der Waals surface area contributed by atoms with Crippen molar-refractivity contribution in [3.63, 3.8) is 0 Å². The Morgan fingerprint density at radius 1 is 0.958 bits per heavy atom. The first kappa shape index (κ1) is 16.1. The molecule has 0 bridgehead atoms. The van der Waals surface area contributed by atoms with E-state index in [1.165, 1.54) is 0 Å². The van der Waals surface area contributed by atoms with Gasteiger partial charge in [0.15, 0.2) is 0 Å². The highest BCUT2D eigenvalue weighted by molar-refractivity contribution is 6.03.